The number of guanidine groups is 1. The summed E-state index contributed by atoms with van der Waals surface area (Å²) in [4.78, 5) is 9.24. The predicted octanol–water partition coefficient (Wildman–Crippen LogP) is 3.12. The Bertz CT molecular complexity index is 1060. The summed E-state index contributed by atoms with van der Waals surface area (Å²) < 4.78 is 23.0. The fourth-order valence-electron chi connectivity index (χ4n) is 2.72. The zero-order chi connectivity index (χ0) is 20.7. The van der Waals surface area contributed by atoms with Crippen molar-refractivity contribution in [2.24, 2.45) is 4.99 Å². The molecule has 6 nitrogen and oxygen atoms in total. The SMILES string of the molecule is CN=C(NCCc1ccc(S(C)(=O)=O)cc1)NCc1csc(-c2ccccc2)n1. The van der Waals surface area contributed by atoms with Gasteiger partial charge in [-0.2, -0.15) is 0 Å². The van der Waals surface area contributed by atoms with E-state index < -0.39 is 9.84 Å². The lowest BCUT2D eigenvalue weighted by atomic mass is 10.1. The second kappa shape index (κ2) is 9.67. The monoisotopic (exact) mass is 428 g/mol. The average Bonchev–Trinajstić information content (AvgIpc) is 3.20. The van der Waals surface area contributed by atoms with Gasteiger partial charge in [-0.15, -0.1) is 11.3 Å². The van der Waals surface area contributed by atoms with Crippen LogP contribution in [0.1, 0.15) is 11.3 Å². The molecule has 0 aliphatic carbocycles. The van der Waals surface area contributed by atoms with Crippen LogP contribution in [-0.4, -0.2) is 39.2 Å². The molecule has 0 unspecified atom stereocenters. The van der Waals surface area contributed by atoms with Gasteiger partial charge in [0.2, 0.25) is 0 Å². The van der Waals surface area contributed by atoms with Crippen molar-refractivity contribution in [2.75, 3.05) is 19.8 Å². The smallest absolute Gasteiger partial charge is 0.191 e. The molecule has 0 radical (unpaired) electrons. The Morgan fingerprint density at radius 2 is 1.79 bits per heavy atom. The van der Waals surface area contributed by atoms with Crippen molar-refractivity contribution in [1.29, 1.82) is 0 Å². The van der Waals surface area contributed by atoms with E-state index in [1.165, 1.54) is 6.26 Å². The number of aliphatic imine (C=N–C) groups is 1. The van der Waals surface area contributed by atoms with Crippen LogP contribution in [0, 0.1) is 0 Å². The summed E-state index contributed by atoms with van der Waals surface area (Å²) >= 11 is 1.63. The number of nitrogens with one attached hydrogen (secondary N) is 2. The number of hydrogen-bond acceptors (Lipinski definition) is 5. The lowest BCUT2D eigenvalue weighted by Gasteiger charge is -2.11. The van der Waals surface area contributed by atoms with E-state index in [9.17, 15) is 8.42 Å². The van der Waals surface area contributed by atoms with E-state index in [0.29, 0.717) is 23.9 Å². The molecule has 29 heavy (non-hydrogen) atoms. The first kappa shape index (κ1) is 21.0. The van der Waals surface area contributed by atoms with Gasteiger partial charge in [-0.3, -0.25) is 4.99 Å². The molecule has 0 aliphatic heterocycles. The topological polar surface area (TPSA) is 83.5 Å². The van der Waals surface area contributed by atoms with Crippen molar-refractivity contribution in [1.82, 2.24) is 15.6 Å². The fourth-order valence-corrected chi connectivity index (χ4v) is 4.18. The minimum absolute atomic E-state index is 0.338. The molecule has 1 aromatic heterocycles. The minimum atomic E-state index is -3.16. The third-order valence-electron chi connectivity index (χ3n) is 4.29. The van der Waals surface area contributed by atoms with Crippen molar-refractivity contribution in [2.45, 2.75) is 17.9 Å². The molecule has 152 valence electrons. The van der Waals surface area contributed by atoms with Crippen LogP contribution in [0.3, 0.4) is 0 Å². The number of hydrogen-bond donors (Lipinski definition) is 2. The van der Waals surface area contributed by atoms with Crippen molar-refractivity contribution in [3.8, 4) is 10.6 Å². The van der Waals surface area contributed by atoms with E-state index in [1.54, 1.807) is 30.5 Å². The van der Waals surface area contributed by atoms with Gasteiger partial charge >= 0.3 is 0 Å². The molecule has 0 bridgehead atoms. The molecule has 3 rings (SSSR count). The highest BCUT2D eigenvalue weighted by molar-refractivity contribution is 7.90. The number of thiazole rings is 1. The van der Waals surface area contributed by atoms with Gasteiger partial charge in [-0.1, -0.05) is 42.5 Å². The fraction of sp³-hybridized carbons (Fsp3) is 0.238. The highest BCUT2D eigenvalue weighted by atomic mass is 32.2. The summed E-state index contributed by atoms with van der Waals surface area (Å²) in [5, 5.41) is 9.59. The third-order valence-corrected chi connectivity index (χ3v) is 6.36. The highest BCUT2D eigenvalue weighted by Gasteiger charge is 2.07. The first-order chi connectivity index (χ1) is 14.0. The van der Waals surface area contributed by atoms with E-state index in [0.717, 1.165) is 28.2 Å². The van der Waals surface area contributed by atoms with Crippen LogP contribution in [0.2, 0.25) is 0 Å². The van der Waals surface area contributed by atoms with Crippen molar-refractivity contribution >= 4 is 27.1 Å². The van der Waals surface area contributed by atoms with Gasteiger partial charge in [0, 0.05) is 30.8 Å². The lowest BCUT2D eigenvalue weighted by Crippen LogP contribution is -2.37. The summed E-state index contributed by atoms with van der Waals surface area (Å²) in [6, 6.07) is 17.1. The quantitative estimate of drug-likeness (QED) is 0.446. The van der Waals surface area contributed by atoms with Gasteiger partial charge in [0.25, 0.3) is 0 Å². The molecule has 0 saturated heterocycles. The van der Waals surface area contributed by atoms with Crippen LogP contribution in [0.25, 0.3) is 10.6 Å². The average molecular weight is 429 g/mol. The maximum absolute atomic E-state index is 11.5. The molecule has 0 aliphatic rings. The van der Waals surface area contributed by atoms with E-state index in [-0.39, 0.29) is 0 Å². The van der Waals surface area contributed by atoms with Crippen LogP contribution in [0.4, 0.5) is 0 Å². The molecule has 0 fully saturated rings. The number of benzene rings is 2. The van der Waals surface area contributed by atoms with Gasteiger partial charge in [-0.25, -0.2) is 13.4 Å². The zero-order valence-electron chi connectivity index (χ0n) is 16.4. The largest absolute Gasteiger partial charge is 0.356 e. The van der Waals surface area contributed by atoms with Crippen LogP contribution < -0.4 is 10.6 Å². The summed E-state index contributed by atoms with van der Waals surface area (Å²) in [7, 11) is -1.43. The molecule has 2 aromatic carbocycles. The maximum atomic E-state index is 11.5. The van der Waals surface area contributed by atoms with Crippen molar-refractivity contribution in [3.63, 3.8) is 0 Å². The van der Waals surface area contributed by atoms with Gasteiger partial charge in [0.1, 0.15) is 5.01 Å². The van der Waals surface area contributed by atoms with E-state index >= 15 is 0 Å². The Morgan fingerprint density at radius 3 is 2.45 bits per heavy atom. The summed E-state index contributed by atoms with van der Waals surface area (Å²) in [5.74, 6) is 0.701. The van der Waals surface area contributed by atoms with E-state index in [2.05, 4.69) is 32.7 Å². The highest BCUT2D eigenvalue weighted by Crippen LogP contribution is 2.23. The lowest BCUT2D eigenvalue weighted by molar-refractivity contribution is 0.602. The van der Waals surface area contributed by atoms with Gasteiger partial charge < -0.3 is 10.6 Å². The Morgan fingerprint density at radius 1 is 1.07 bits per heavy atom. The molecule has 8 heteroatoms. The molecule has 2 N–H and O–H groups in total. The molecule has 0 atom stereocenters. The van der Waals surface area contributed by atoms with Crippen LogP contribution in [0.15, 0.2) is 69.9 Å². The molecular weight excluding hydrogens is 404 g/mol. The number of aromatic nitrogens is 1. The second-order valence-corrected chi connectivity index (χ2v) is 9.40. The summed E-state index contributed by atoms with van der Waals surface area (Å²) in [6.45, 7) is 1.27. The van der Waals surface area contributed by atoms with Gasteiger partial charge in [0.15, 0.2) is 15.8 Å². The zero-order valence-corrected chi connectivity index (χ0v) is 18.1. The molecule has 0 saturated carbocycles. The van der Waals surface area contributed by atoms with Crippen molar-refractivity contribution in [3.05, 3.63) is 71.2 Å². The first-order valence-electron chi connectivity index (χ1n) is 9.19. The Hall–Kier alpha value is -2.71. The van der Waals surface area contributed by atoms with E-state index in [4.69, 9.17) is 0 Å². The Labute approximate surface area is 175 Å². The van der Waals surface area contributed by atoms with Crippen LogP contribution in [0.5, 0.6) is 0 Å². The normalized spacial score (nSPS) is 12.0. The number of rotatable bonds is 7. The number of sulfone groups is 1. The minimum Gasteiger partial charge on any atom is -0.356 e. The standard InChI is InChI=1S/C21H24N4O2S2/c1-22-21(23-13-12-16-8-10-19(11-9-16)29(2,26)27)24-14-18-15-28-20(25-18)17-6-4-3-5-7-17/h3-11,15H,12-14H2,1-2H3,(H2,22,23,24). The van der Waals surface area contributed by atoms with Crippen molar-refractivity contribution < 1.29 is 8.42 Å². The maximum Gasteiger partial charge on any atom is 0.191 e. The molecular formula is C21H24N4O2S2. The van der Waals surface area contributed by atoms with Gasteiger partial charge in [0.05, 0.1) is 17.1 Å². The molecule has 3 aromatic rings. The molecule has 0 amide bonds. The predicted molar refractivity (Wildman–Crippen MR) is 119 cm³/mol. The Balaban J connectivity index is 1.47. The first-order valence-corrected chi connectivity index (χ1v) is 12.0. The Kier molecular flexibility index (Phi) is 7.00. The van der Waals surface area contributed by atoms with Gasteiger partial charge in [-0.05, 0) is 24.1 Å². The molecule has 1 heterocycles. The van der Waals surface area contributed by atoms with Crippen LogP contribution >= 0.6 is 11.3 Å². The summed E-state index contributed by atoms with van der Waals surface area (Å²) in [6.07, 6.45) is 1.98. The summed E-state index contributed by atoms with van der Waals surface area (Å²) in [5.41, 5.74) is 3.15. The molecule has 0 spiro atoms. The number of nitrogens with zero attached hydrogens (tertiary/aromatic N) is 2. The third kappa shape index (κ3) is 6.13. The second-order valence-electron chi connectivity index (χ2n) is 6.53. The van der Waals surface area contributed by atoms with E-state index in [1.807, 2.05) is 35.7 Å². The van der Waals surface area contributed by atoms with Crippen LogP contribution in [-0.2, 0) is 22.8 Å².